The molecule has 0 aliphatic carbocycles. The number of hydrogen-bond donors (Lipinski definition) is 1. The number of hydrazone groups is 1. The first-order valence-corrected chi connectivity index (χ1v) is 8.42. The average molecular weight is 377 g/mol. The minimum atomic E-state index is -4.08. The topological polar surface area (TPSA) is 24.4 Å². The first-order valence-electron chi connectivity index (χ1n) is 7.17. The van der Waals surface area contributed by atoms with Crippen molar-refractivity contribution in [3.05, 3.63) is 57.2 Å². The summed E-state index contributed by atoms with van der Waals surface area (Å²) >= 11 is 7.18. The maximum atomic E-state index is 13.7. The van der Waals surface area contributed by atoms with Gasteiger partial charge in [-0.15, -0.1) is 11.3 Å². The molecular weight excluding hydrogens is 364 g/mol. The normalized spacial score (nSPS) is 21.0. The molecule has 0 spiro atoms. The first-order chi connectivity index (χ1) is 11.4. The zero-order valence-electron chi connectivity index (χ0n) is 12.2. The molecule has 0 radical (unpaired) electrons. The fraction of sp³-hybridized carbons (Fsp3) is 0.312. The van der Waals surface area contributed by atoms with E-state index in [0.717, 1.165) is 0 Å². The molecule has 1 aliphatic heterocycles. The van der Waals surface area contributed by atoms with E-state index in [1.807, 2.05) is 0 Å². The van der Waals surface area contributed by atoms with E-state index in [-0.39, 0.29) is 0 Å². The summed E-state index contributed by atoms with van der Waals surface area (Å²) in [5, 5.41) is 6.44. The minimum Gasteiger partial charge on any atom is -0.302 e. The number of nitrogens with zero attached hydrogens (tertiary/aromatic N) is 1. The van der Waals surface area contributed by atoms with E-state index in [1.165, 1.54) is 11.3 Å². The fourth-order valence-electron chi connectivity index (χ4n) is 2.71. The van der Waals surface area contributed by atoms with E-state index in [9.17, 15) is 17.6 Å². The van der Waals surface area contributed by atoms with Crippen LogP contribution in [0.1, 0.15) is 22.9 Å². The molecule has 1 aromatic carbocycles. The molecule has 2 heterocycles. The molecule has 2 nitrogen and oxygen atoms in total. The van der Waals surface area contributed by atoms with Crippen LogP contribution >= 0.6 is 22.9 Å². The van der Waals surface area contributed by atoms with Crippen molar-refractivity contribution in [1.82, 2.24) is 5.43 Å². The van der Waals surface area contributed by atoms with Crippen molar-refractivity contribution in [2.45, 2.75) is 24.8 Å². The Labute approximate surface area is 145 Å². The summed E-state index contributed by atoms with van der Waals surface area (Å²) in [7, 11) is 0. The predicted octanol–water partition coefficient (Wildman–Crippen LogP) is 5.36. The number of hydrogen-bond acceptors (Lipinski definition) is 3. The second kappa shape index (κ2) is 6.72. The zero-order valence-corrected chi connectivity index (χ0v) is 13.8. The first kappa shape index (κ1) is 17.2. The van der Waals surface area contributed by atoms with Crippen LogP contribution in [0.4, 0.5) is 17.6 Å². The van der Waals surface area contributed by atoms with Gasteiger partial charge in [-0.1, -0.05) is 29.8 Å². The van der Waals surface area contributed by atoms with Gasteiger partial charge < -0.3 is 5.43 Å². The van der Waals surface area contributed by atoms with Crippen LogP contribution in [0, 0.1) is 5.92 Å². The Morgan fingerprint density at radius 2 is 1.92 bits per heavy atom. The lowest BCUT2D eigenvalue weighted by Gasteiger charge is -2.25. The van der Waals surface area contributed by atoms with Gasteiger partial charge in [-0.3, -0.25) is 0 Å². The molecule has 0 amide bonds. The summed E-state index contributed by atoms with van der Waals surface area (Å²) in [6, 6.07) is 9.52. The monoisotopic (exact) mass is 376 g/mol. The highest BCUT2D eigenvalue weighted by Gasteiger charge is 2.47. The molecule has 2 atom stereocenters. The van der Waals surface area contributed by atoms with E-state index in [0.29, 0.717) is 21.2 Å². The maximum Gasteiger partial charge on any atom is 0.308 e. The van der Waals surface area contributed by atoms with Gasteiger partial charge in [-0.2, -0.15) is 5.10 Å². The Kier molecular flexibility index (Phi) is 4.83. The van der Waals surface area contributed by atoms with Crippen molar-refractivity contribution in [2.75, 3.05) is 0 Å². The van der Waals surface area contributed by atoms with Crippen molar-refractivity contribution >= 4 is 28.6 Å². The van der Waals surface area contributed by atoms with Gasteiger partial charge in [0.2, 0.25) is 0 Å². The second-order valence-corrected chi connectivity index (χ2v) is 6.89. The Bertz CT molecular complexity index is 716. The van der Waals surface area contributed by atoms with Gasteiger partial charge in [0.15, 0.2) is 0 Å². The summed E-state index contributed by atoms with van der Waals surface area (Å²) in [5.74, 6) is -4.95. The molecule has 1 aromatic heterocycles. The van der Waals surface area contributed by atoms with Crippen LogP contribution in [-0.4, -0.2) is 18.1 Å². The Balaban J connectivity index is 1.93. The molecule has 128 valence electrons. The highest BCUT2D eigenvalue weighted by molar-refractivity contribution is 7.12. The third-order valence-electron chi connectivity index (χ3n) is 3.89. The average Bonchev–Trinajstić information content (AvgIpc) is 3.17. The molecular formula is C16H13ClF4N2S. The van der Waals surface area contributed by atoms with Crippen molar-refractivity contribution in [2.24, 2.45) is 11.0 Å². The number of benzene rings is 1. The van der Waals surface area contributed by atoms with Crippen molar-refractivity contribution in [1.29, 1.82) is 0 Å². The van der Waals surface area contributed by atoms with Gasteiger partial charge in [0.1, 0.15) is 0 Å². The summed E-state index contributed by atoms with van der Waals surface area (Å²) in [6.45, 7) is 0. The van der Waals surface area contributed by atoms with Crippen LogP contribution in [0.15, 0.2) is 46.9 Å². The van der Waals surface area contributed by atoms with Crippen LogP contribution in [0.2, 0.25) is 5.02 Å². The van der Waals surface area contributed by atoms with Gasteiger partial charge >= 0.3 is 12.3 Å². The number of rotatable bonds is 5. The maximum absolute atomic E-state index is 13.7. The van der Waals surface area contributed by atoms with Crippen LogP contribution in [-0.2, 0) is 0 Å². The standard InChI is InChI=1S/C16H13ClF4N2S/c17-10-5-3-9(4-6-10)13-11(8-16(20,21)15(18)19)14(23-22-13)12-2-1-7-24-12/h1-7,11,13,15,22H,8H2. The third kappa shape index (κ3) is 3.42. The van der Waals surface area contributed by atoms with Gasteiger partial charge in [-0.05, 0) is 29.1 Å². The van der Waals surface area contributed by atoms with Gasteiger partial charge in [0.05, 0.1) is 16.6 Å². The molecule has 2 aromatic rings. The number of halogens is 5. The molecule has 0 saturated heterocycles. The molecule has 0 bridgehead atoms. The lowest BCUT2D eigenvalue weighted by molar-refractivity contribution is -0.138. The summed E-state index contributed by atoms with van der Waals surface area (Å²) in [6.07, 6.45) is -4.70. The number of thiophene rings is 1. The van der Waals surface area contributed by atoms with Gasteiger partial charge in [-0.25, -0.2) is 17.6 Å². The number of nitrogens with one attached hydrogen (secondary N) is 1. The van der Waals surface area contributed by atoms with Crippen molar-refractivity contribution < 1.29 is 17.6 Å². The quantitative estimate of drug-likeness (QED) is 0.698. The molecule has 0 saturated carbocycles. The van der Waals surface area contributed by atoms with E-state index in [2.05, 4.69) is 10.5 Å². The van der Waals surface area contributed by atoms with Gasteiger partial charge in [0, 0.05) is 17.4 Å². The highest BCUT2D eigenvalue weighted by atomic mass is 35.5. The molecule has 1 aliphatic rings. The summed E-state index contributed by atoms with van der Waals surface area (Å²) < 4.78 is 52.8. The summed E-state index contributed by atoms with van der Waals surface area (Å²) in [4.78, 5) is 0.689. The zero-order chi connectivity index (χ0) is 17.3. The number of alkyl halides is 4. The SMILES string of the molecule is FC(F)C(F)(F)CC1C(c2cccs2)=NNC1c1ccc(Cl)cc1. The fourth-order valence-corrected chi connectivity index (χ4v) is 3.61. The van der Waals surface area contributed by atoms with Crippen LogP contribution in [0.25, 0.3) is 0 Å². The van der Waals surface area contributed by atoms with E-state index >= 15 is 0 Å². The van der Waals surface area contributed by atoms with E-state index in [4.69, 9.17) is 11.6 Å². The Hall–Kier alpha value is -1.60. The molecule has 1 N–H and O–H groups in total. The van der Waals surface area contributed by atoms with Crippen molar-refractivity contribution in [3.8, 4) is 0 Å². The minimum absolute atomic E-state index is 0.380. The second-order valence-electron chi connectivity index (χ2n) is 5.51. The van der Waals surface area contributed by atoms with Crippen LogP contribution in [0.3, 0.4) is 0 Å². The Morgan fingerprint density at radius 3 is 2.50 bits per heavy atom. The van der Waals surface area contributed by atoms with Crippen LogP contribution < -0.4 is 5.43 Å². The van der Waals surface area contributed by atoms with E-state index in [1.54, 1.807) is 41.8 Å². The third-order valence-corrected chi connectivity index (χ3v) is 5.04. The Morgan fingerprint density at radius 1 is 1.21 bits per heavy atom. The molecule has 8 heteroatoms. The predicted molar refractivity (Wildman–Crippen MR) is 87.2 cm³/mol. The molecule has 2 unspecified atom stereocenters. The molecule has 24 heavy (non-hydrogen) atoms. The molecule has 0 fully saturated rings. The molecule has 3 rings (SSSR count). The van der Waals surface area contributed by atoms with Crippen molar-refractivity contribution in [3.63, 3.8) is 0 Å². The highest BCUT2D eigenvalue weighted by Crippen LogP contribution is 2.40. The van der Waals surface area contributed by atoms with Crippen LogP contribution in [0.5, 0.6) is 0 Å². The summed E-state index contributed by atoms with van der Waals surface area (Å²) in [5.41, 5.74) is 3.87. The van der Waals surface area contributed by atoms with Gasteiger partial charge in [0.25, 0.3) is 0 Å². The lowest BCUT2D eigenvalue weighted by atomic mass is 9.85. The smallest absolute Gasteiger partial charge is 0.302 e. The van der Waals surface area contributed by atoms with E-state index < -0.39 is 30.7 Å². The lowest BCUT2D eigenvalue weighted by Crippen LogP contribution is -2.34. The largest absolute Gasteiger partial charge is 0.308 e.